The molecule has 1 aliphatic heterocycles. The lowest BCUT2D eigenvalue weighted by atomic mass is 9.98. The molecule has 0 unspecified atom stereocenters. The van der Waals surface area contributed by atoms with Crippen LogP contribution in [0.15, 0.2) is 42.5 Å². The first-order chi connectivity index (χ1) is 15.9. The molecule has 0 spiro atoms. The van der Waals surface area contributed by atoms with E-state index in [9.17, 15) is 9.59 Å². The normalized spacial score (nSPS) is 13.8. The van der Waals surface area contributed by atoms with Gasteiger partial charge in [0.05, 0.1) is 0 Å². The minimum atomic E-state index is -0.764. The molecule has 0 radical (unpaired) electrons. The van der Waals surface area contributed by atoms with E-state index < -0.39 is 12.1 Å². The summed E-state index contributed by atoms with van der Waals surface area (Å²) in [5.74, 6) is 0.836. The van der Waals surface area contributed by atoms with Gasteiger partial charge in [0, 0.05) is 16.3 Å². The van der Waals surface area contributed by atoms with Crippen molar-refractivity contribution in [3.8, 4) is 22.1 Å². The Morgan fingerprint density at radius 3 is 2.61 bits per heavy atom. The number of urea groups is 1. The second kappa shape index (κ2) is 10.1. The molecule has 2 aromatic carbocycles. The van der Waals surface area contributed by atoms with Gasteiger partial charge >= 0.3 is 6.03 Å². The number of rotatable bonds is 7. The molecule has 0 aliphatic carbocycles. The molecule has 0 fully saturated rings. The summed E-state index contributed by atoms with van der Waals surface area (Å²) < 4.78 is 10.7. The molecule has 1 aromatic heterocycles. The monoisotopic (exact) mass is 487 g/mol. The van der Waals surface area contributed by atoms with E-state index in [1.165, 1.54) is 11.3 Å². The molecule has 11 heteroatoms. The van der Waals surface area contributed by atoms with E-state index in [-0.39, 0.29) is 18.6 Å². The van der Waals surface area contributed by atoms with Crippen LogP contribution in [0, 0.1) is 5.92 Å². The quantitative estimate of drug-likeness (QED) is 0.442. The van der Waals surface area contributed by atoms with E-state index in [1.807, 2.05) is 26.0 Å². The first kappa shape index (κ1) is 22.8. The number of benzene rings is 2. The minimum Gasteiger partial charge on any atom is -0.454 e. The number of fused-ring (bicyclic) bond motifs is 1. The maximum atomic E-state index is 13.0. The number of ether oxygens (including phenoxy) is 2. The van der Waals surface area contributed by atoms with E-state index in [2.05, 4.69) is 26.1 Å². The predicted octanol–water partition coefficient (Wildman–Crippen LogP) is 4.76. The molecule has 9 nitrogen and oxygen atoms in total. The SMILES string of the molecule is CC[C@H](C)[C@@H](NC(=O)Nc1ccc(Cl)cc1)C(=O)Nc1nnc(-c2ccc3c(c2)OCO3)s1. The average Bonchev–Trinajstić information content (AvgIpc) is 3.47. The maximum absolute atomic E-state index is 13.0. The zero-order chi connectivity index (χ0) is 23.4. The molecule has 2 atom stereocenters. The molecule has 1 aliphatic rings. The number of carbonyl (C=O) groups excluding carboxylic acids is 2. The fourth-order valence-corrected chi connectivity index (χ4v) is 4.02. The van der Waals surface area contributed by atoms with Gasteiger partial charge in [-0.1, -0.05) is 43.2 Å². The molecule has 3 aromatic rings. The van der Waals surface area contributed by atoms with Crippen LogP contribution < -0.4 is 25.4 Å². The lowest BCUT2D eigenvalue weighted by Crippen LogP contribution is -2.49. The number of nitrogens with zero attached hydrogens (tertiary/aromatic N) is 2. The summed E-state index contributed by atoms with van der Waals surface area (Å²) in [6.07, 6.45) is 0.692. The zero-order valence-corrected chi connectivity index (χ0v) is 19.5. The Labute approximate surface area is 199 Å². The van der Waals surface area contributed by atoms with E-state index in [0.717, 1.165) is 5.56 Å². The molecular weight excluding hydrogens is 466 g/mol. The lowest BCUT2D eigenvalue weighted by molar-refractivity contribution is -0.119. The van der Waals surface area contributed by atoms with Crippen molar-refractivity contribution in [2.45, 2.75) is 26.3 Å². The molecule has 0 saturated carbocycles. The van der Waals surface area contributed by atoms with E-state index in [1.54, 1.807) is 30.3 Å². The van der Waals surface area contributed by atoms with Crippen molar-refractivity contribution in [3.63, 3.8) is 0 Å². The molecule has 172 valence electrons. The van der Waals surface area contributed by atoms with Gasteiger partial charge in [-0.3, -0.25) is 10.1 Å². The van der Waals surface area contributed by atoms with Gasteiger partial charge in [-0.2, -0.15) is 0 Å². The highest BCUT2D eigenvalue weighted by atomic mass is 35.5. The van der Waals surface area contributed by atoms with Gasteiger partial charge < -0.3 is 20.1 Å². The fourth-order valence-electron chi connectivity index (χ4n) is 3.15. The number of amides is 3. The summed E-state index contributed by atoms with van der Waals surface area (Å²) in [7, 11) is 0. The molecule has 4 rings (SSSR count). The van der Waals surface area contributed by atoms with Crippen LogP contribution in [0.25, 0.3) is 10.6 Å². The Hall–Kier alpha value is -3.37. The third kappa shape index (κ3) is 5.52. The van der Waals surface area contributed by atoms with Gasteiger partial charge in [0.15, 0.2) is 11.5 Å². The van der Waals surface area contributed by atoms with Crippen LogP contribution >= 0.6 is 22.9 Å². The van der Waals surface area contributed by atoms with Gasteiger partial charge in [-0.25, -0.2) is 4.79 Å². The van der Waals surface area contributed by atoms with Crippen molar-refractivity contribution in [1.29, 1.82) is 0 Å². The number of nitrogens with one attached hydrogen (secondary N) is 3. The van der Waals surface area contributed by atoms with E-state index in [4.69, 9.17) is 21.1 Å². The molecule has 3 N–H and O–H groups in total. The summed E-state index contributed by atoms with van der Waals surface area (Å²) in [6, 6.07) is 10.9. The third-order valence-electron chi connectivity index (χ3n) is 5.16. The van der Waals surface area contributed by atoms with Gasteiger partial charge in [-0.05, 0) is 48.4 Å². The van der Waals surface area contributed by atoms with E-state index >= 15 is 0 Å². The molecule has 0 bridgehead atoms. The van der Waals surface area contributed by atoms with Crippen LogP contribution in [-0.4, -0.2) is 35.0 Å². The van der Waals surface area contributed by atoms with Gasteiger partial charge in [0.25, 0.3) is 0 Å². The zero-order valence-electron chi connectivity index (χ0n) is 17.9. The number of hydrogen-bond acceptors (Lipinski definition) is 7. The van der Waals surface area contributed by atoms with Crippen molar-refractivity contribution in [2.75, 3.05) is 17.4 Å². The van der Waals surface area contributed by atoms with Crippen LogP contribution in [0.5, 0.6) is 11.5 Å². The summed E-state index contributed by atoms with van der Waals surface area (Å²) in [5.41, 5.74) is 1.37. The van der Waals surface area contributed by atoms with Crippen molar-refractivity contribution >= 4 is 45.7 Å². The van der Waals surface area contributed by atoms with Gasteiger partial charge in [0.1, 0.15) is 11.0 Å². The van der Waals surface area contributed by atoms with Gasteiger partial charge in [-0.15, -0.1) is 10.2 Å². The minimum absolute atomic E-state index is 0.109. The number of aromatic nitrogens is 2. The van der Waals surface area contributed by atoms with Crippen molar-refractivity contribution in [1.82, 2.24) is 15.5 Å². The highest BCUT2D eigenvalue weighted by Crippen LogP contribution is 2.37. The Morgan fingerprint density at radius 1 is 1.09 bits per heavy atom. The highest BCUT2D eigenvalue weighted by molar-refractivity contribution is 7.18. The number of hydrogen-bond donors (Lipinski definition) is 3. The average molecular weight is 488 g/mol. The van der Waals surface area contributed by atoms with Crippen LogP contribution in [0.2, 0.25) is 5.02 Å². The van der Waals surface area contributed by atoms with Gasteiger partial charge in [0.2, 0.25) is 17.8 Å². The Balaban J connectivity index is 1.42. The van der Waals surface area contributed by atoms with Crippen molar-refractivity contribution in [2.24, 2.45) is 5.92 Å². The van der Waals surface area contributed by atoms with Crippen LogP contribution in [0.4, 0.5) is 15.6 Å². The Bertz CT molecular complexity index is 1150. The van der Waals surface area contributed by atoms with E-state index in [0.29, 0.717) is 38.8 Å². The summed E-state index contributed by atoms with van der Waals surface area (Å²) >= 11 is 7.10. The van der Waals surface area contributed by atoms with Crippen LogP contribution in [-0.2, 0) is 4.79 Å². The number of halogens is 1. The summed E-state index contributed by atoms with van der Waals surface area (Å²) in [6.45, 7) is 4.03. The topological polar surface area (TPSA) is 114 Å². The standard InChI is InChI=1S/C22H22ClN5O4S/c1-3-12(2)18(25-21(30)24-15-7-5-14(23)6-8-15)19(29)26-22-28-27-20(33-22)13-4-9-16-17(10-13)32-11-31-16/h4-10,12,18H,3,11H2,1-2H3,(H2,24,25,30)(H,26,28,29)/t12-,18+/m0/s1. The Kier molecular flexibility index (Phi) is 6.95. The van der Waals surface area contributed by atoms with Crippen molar-refractivity contribution in [3.05, 3.63) is 47.5 Å². The largest absolute Gasteiger partial charge is 0.454 e. The molecule has 3 amide bonds. The first-order valence-electron chi connectivity index (χ1n) is 10.3. The number of anilines is 2. The molecule has 0 saturated heterocycles. The summed E-state index contributed by atoms with van der Waals surface area (Å²) in [4.78, 5) is 25.5. The molecule has 33 heavy (non-hydrogen) atoms. The fraction of sp³-hybridized carbons (Fsp3) is 0.273. The second-order valence-electron chi connectivity index (χ2n) is 7.44. The first-order valence-corrected chi connectivity index (χ1v) is 11.5. The number of carbonyl (C=O) groups is 2. The Morgan fingerprint density at radius 2 is 1.85 bits per heavy atom. The summed E-state index contributed by atoms with van der Waals surface area (Å²) in [5, 5.41) is 18.0. The lowest BCUT2D eigenvalue weighted by Gasteiger charge is -2.23. The van der Waals surface area contributed by atoms with Crippen LogP contribution in [0.3, 0.4) is 0 Å². The van der Waals surface area contributed by atoms with Crippen molar-refractivity contribution < 1.29 is 19.1 Å². The molecule has 2 heterocycles. The molecular formula is C22H22ClN5O4S. The third-order valence-corrected chi connectivity index (χ3v) is 6.30. The van der Waals surface area contributed by atoms with Crippen LogP contribution in [0.1, 0.15) is 20.3 Å². The smallest absolute Gasteiger partial charge is 0.319 e. The maximum Gasteiger partial charge on any atom is 0.319 e. The predicted molar refractivity (Wildman–Crippen MR) is 127 cm³/mol. The highest BCUT2D eigenvalue weighted by Gasteiger charge is 2.27. The second-order valence-corrected chi connectivity index (χ2v) is 8.85.